The third-order valence-corrected chi connectivity index (χ3v) is 3.20. The van der Waals surface area contributed by atoms with Gasteiger partial charge in [-0.25, -0.2) is 4.79 Å². The van der Waals surface area contributed by atoms with Gasteiger partial charge in [0.15, 0.2) is 0 Å². The number of nitrogens with one attached hydrogen (secondary N) is 1. The SMILES string of the molecule is CCC1C(=O)NC(=O)CN1c1cc(N)ccc1C(=O)O. The average molecular weight is 277 g/mol. The number of imide groups is 1. The molecule has 7 nitrogen and oxygen atoms in total. The lowest BCUT2D eigenvalue weighted by Crippen LogP contribution is -2.58. The van der Waals surface area contributed by atoms with Crippen LogP contribution in [0.25, 0.3) is 0 Å². The minimum Gasteiger partial charge on any atom is -0.478 e. The number of anilines is 2. The third kappa shape index (κ3) is 2.42. The van der Waals surface area contributed by atoms with Gasteiger partial charge in [-0.05, 0) is 24.6 Å². The number of benzene rings is 1. The van der Waals surface area contributed by atoms with Crippen LogP contribution in [0.2, 0.25) is 0 Å². The molecule has 1 aromatic carbocycles. The van der Waals surface area contributed by atoms with Crippen molar-refractivity contribution < 1.29 is 19.5 Å². The van der Waals surface area contributed by atoms with E-state index in [1.54, 1.807) is 6.92 Å². The third-order valence-electron chi connectivity index (χ3n) is 3.20. The lowest BCUT2D eigenvalue weighted by atomic mass is 10.0. The van der Waals surface area contributed by atoms with Crippen molar-refractivity contribution in [3.8, 4) is 0 Å². The minimum absolute atomic E-state index is 0.0140. The van der Waals surface area contributed by atoms with Crippen molar-refractivity contribution in [3.63, 3.8) is 0 Å². The normalized spacial score (nSPS) is 18.9. The number of carboxylic acid groups (broad SMARTS) is 1. The van der Waals surface area contributed by atoms with Crippen LogP contribution < -0.4 is 16.0 Å². The highest BCUT2D eigenvalue weighted by atomic mass is 16.4. The lowest BCUT2D eigenvalue weighted by molar-refractivity contribution is -0.132. The largest absolute Gasteiger partial charge is 0.478 e. The maximum Gasteiger partial charge on any atom is 0.337 e. The maximum atomic E-state index is 11.8. The molecule has 1 aromatic rings. The van der Waals surface area contributed by atoms with Gasteiger partial charge in [-0.15, -0.1) is 0 Å². The quantitative estimate of drug-likeness (QED) is 0.537. The molecule has 0 radical (unpaired) electrons. The van der Waals surface area contributed by atoms with Gasteiger partial charge in [0, 0.05) is 5.69 Å². The molecule has 0 aliphatic carbocycles. The molecule has 0 spiro atoms. The number of hydrogen-bond donors (Lipinski definition) is 3. The van der Waals surface area contributed by atoms with Gasteiger partial charge in [0.1, 0.15) is 6.04 Å². The lowest BCUT2D eigenvalue weighted by Gasteiger charge is -2.36. The van der Waals surface area contributed by atoms with E-state index >= 15 is 0 Å². The van der Waals surface area contributed by atoms with E-state index in [0.29, 0.717) is 12.1 Å². The number of rotatable bonds is 3. The number of nitrogens with zero attached hydrogens (tertiary/aromatic N) is 1. The van der Waals surface area contributed by atoms with Gasteiger partial charge in [-0.3, -0.25) is 14.9 Å². The molecule has 1 aliphatic rings. The number of carbonyl (C=O) groups is 3. The zero-order chi connectivity index (χ0) is 14.9. The topological polar surface area (TPSA) is 113 Å². The number of piperazine rings is 1. The van der Waals surface area contributed by atoms with Crippen molar-refractivity contribution in [2.75, 3.05) is 17.2 Å². The van der Waals surface area contributed by atoms with Crippen molar-refractivity contribution in [3.05, 3.63) is 23.8 Å². The van der Waals surface area contributed by atoms with Gasteiger partial charge in [0.25, 0.3) is 0 Å². The molecule has 2 rings (SSSR count). The molecular formula is C13H15N3O4. The second-order valence-electron chi connectivity index (χ2n) is 4.55. The summed E-state index contributed by atoms with van der Waals surface area (Å²) < 4.78 is 0. The Hall–Kier alpha value is -2.57. The molecule has 1 atom stereocenters. The summed E-state index contributed by atoms with van der Waals surface area (Å²) in [6.45, 7) is 1.72. The fourth-order valence-electron chi connectivity index (χ4n) is 2.29. The Balaban J connectivity index is 2.52. The van der Waals surface area contributed by atoms with Crippen LogP contribution in [-0.2, 0) is 9.59 Å². The first kappa shape index (κ1) is 13.9. The number of nitrogens with two attached hydrogens (primary N) is 1. The van der Waals surface area contributed by atoms with E-state index in [1.165, 1.54) is 23.1 Å². The van der Waals surface area contributed by atoms with E-state index in [-0.39, 0.29) is 17.8 Å². The average Bonchev–Trinajstić information content (AvgIpc) is 2.37. The zero-order valence-electron chi connectivity index (χ0n) is 10.9. The van der Waals surface area contributed by atoms with E-state index < -0.39 is 23.8 Å². The summed E-state index contributed by atoms with van der Waals surface area (Å²) in [6.07, 6.45) is 0.451. The molecule has 106 valence electrons. The Kier molecular flexibility index (Phi) is 3.60. The van der Waals surface area contributed by atoms with Crippen molar-refractivity contribution in [1.82, 2.24) is 5.32 Å². The number of aromatic carboxylic acids is 1. The maximum absolute atomic E-state index is 11.8. The van der Waals surface area contributed by atoms with Crippen molar-refractivity contribution in [2.45, 2.75) is 19.4 Å². The number of hydrogen-bond acceptors (Lipinski definition) is 5. The monoisotopic (exact) mass is 277 g/mol. The predicted octanol–water partition coefficient (Wildman–Crippen LogP) is 0.208. The van der Waals surface area contributed by atoms with Gasteiger partial charge >= 0.3 is 5.97 Å². The van der Waals surface area contributed by atoms with Crippen LogP contribution in [0.15, 0.2) is 18.2 Å². The molecule has 20 heavy (non-hydrogen) atoms. The van der Waals surface area contributed by atoms with E-state index in [9.17, 15) is 19.5 Å². The molecular weight excluding hydrogens is 262 g/mol. The van der Waals surface area contributed by atoms with Crippen LogP contribution in [-0.4, -0.2) is 35.5 Å². The summed E-state index contributed by atoms with van der Waals surface area (Å²) in [6, 6.07) is 3.72. The molecule has 1 saturated heterocycles. The molecule has 1 fully saturated rings. The highest BCUT2D eigenvalue weighted by Gasteiger charge is 2.34. The Morgan fingerprint density at radius 1 is 1.50 bits per heavy atom. The fourth-order valence-corrected chi connectivity index (χ4v) is 2.29. The van der Waals surface area contributed by atoms with E-state index in [4.69, 9.17) is 5.73 Å². The second kappa shape index (κ2) is 5.20. The summed E-state index contributed by atoms with van der Waals surface area (Å²) in [5.74, 6) is -2.02. The Labute approximate surface area is 115 Å². The van der Waals surface area contributed by atoms with Crippen LogP contribution in [0, 0.1) is 0 Å². The standard InChI is InChI=1S/C13H15N3O4/c1-2-9-12(18)15-11(17)6-16(9)10-5-7(14)3-4-8(10)13(19)20/h3-5,9H,2,6,14H2,1H3,(H,19,20)(H,15,17,18). The van der Waals surface area contributed by atoms with Crippen LogP contribution in [0.5, 0.6) is 0 Å². The summed E-state index contributed by atoms with van der Waals surface area (Å²) >= 11 is 0. The zero-order valence-corrected chi connectivity index (χ0v) is 10.9. The summed E-state index contributed by atoms with van der Waals surface area (Å²) in [5.41, 5.74) is 6.36. The van der Waals surface area contributed by atoms with Crippen molar-refractivity contribution in [2.24, 2.45) is 0 Å². The number of nitrogen functional groups attached to an aromatic ring is 1. The highest BCUT2D eigenvalue weighted by Crippen LogP contribution is 2.27. The molecule has 1 unspecified atom stereocenters. The van der Waals surface area contributed by atoms with Crippen LogP contribution >= 0.6 is 0 Å². The number of carboxylic acids is 1. The number of amides is 2. The Morgan fingerprint density at radius 2 is 2.20 bits per heavy atom. The summed E-state index contributed by atoms with van der Waals surface area (Å²) in [5, 5.41) is 11.5. The molecule has 1 heterocycles. The predicted molar refractivity (Wildman–Crippen MR) is 72.4 cm³/mol. The first-order valence-electron chi connectivity index (χ1n) is 6.17. The molecule has 7 heteroatoms. The van der Waals surface area contributed by atoms with Crippen LogP contribution in [0.3, 0.4) is 0 Å². The molecule has 1 aliphatic heterocycles. The molecule has 2 amide bonds. The minimum atomic E-state index is -1.13. The first-order chi connectivity index (χ1) is 9.43. The van der Waals surface area contributed by atoms with Crippen LogP contribution in [0.4, 0.5) is 11.4 Å². The van der Waals surface area contributed by atoms with Gasteiger partial charge in [0.05, 0.1) is 17.8 Å². The first-order valence-corrected chi connectivity index (χ1v) is 6.17. The Bertz CT molecular complexity index is 585. The van der Waals surface area contributed by atoms with Crippen molar-refractivity contribution in [1.29, 1.82) is 0 Å². The second-order valence-corrected chi connectivity index (χ2v) is 4.55. The van der Waals surface area contributed by atoms with Gasteiger partial charge in [-0.1, -0.05) is 6.92 Å². The van der Waals surface area contributed by atoms with E-state index in [0.717, 1.165) is 0 Å². The molecule has 0 bridgehead atoms. The molecule has 0 saturated carbocycles. The highest BCUT2D eigenvalue weighted by molar-refractivity contribution is 6.06. The fraction of sp³-hybridized carbons (Fsp3) is 0.308. The van der Waals surface area contributed by atoms with E-state index in [2.05, 4.69) is 5.32 Å². The summed E-state index contributed by atoms with van der Waals surface area (Å²) in [4.78, 5) is 36.1. The van der Waals surface area contributed by atoms with Gasteiger partial charge < -0.3 is 15.7 Å². The van der Waals surface area contributed by atoms with Crippen molar-refractivity contribution >= 4 is 29.2 Å². The van der Waals surface area contributed by atoms with E-state index in [1.807, 2.05) is 0 Å². The Morgan fingerprint density at radius 3 is 2.80 bits per heavy atom. The smallest absolute Gasteiger partial charge is 0.337 e. The number of carbonyl (C=O) groups excluding carboxylic acids is 2. The van der Waals surface area contributed by atoms with Crippen LogP contribution in [0.1, 0.15) is 23.7 Å². The molecule has 4 N–H and O–H groups in total. The summed E-state index contributed by atoms with van der Waals surface area (Å²) in [7, 11) is 0. The van der Waals surface area contributed by atoms with Gasteiger partial charge in [0.2, 0.25) is 11.8 Å². The van der Waals surface area contributed by atoms with Gasteiger partial charge in [-0.2, -0.15) is 0 Å². The molecule has 0 aromatic heterocycles.